The molecule has 3 aromatic rings. The van der Waals surface area contributed by atoms with Crippen LogP contribution in [0.4, 0.5) is 16.3 Å². The molecule has 0 spiro atoms. The second-order valence-corrected chi connectivity index (χ2v) is 14.9. The van der Waals surface area contributed by atoms with Crippen LogP contribution in [0, 0.1) is 17.8 Å². The number of anilines is 2. The Labute approximate surface area is 277 Å². The number of fused-ring (bicyclic) bond motifs is 2. The van der Waals surface area contributed by atoms with Gasteiger partial charge in [-0.25, -0.2) is 4.79 Å². The van der Waals surface area contributed by atoms with Gasteiger partial charge in [0.05, 0.1) is 16.8 Å². The van der Waals surface area contributed by atoms with E-state index in [-0.39, 0.29) is 36.3 Å². The van der Waals surface area contributed by atoms with Gasteiger partial charge in [0.15, 0.2) is 6.23 Å². The minimum atomic E-state index is -0.715. The molecule has 1 aromatic heterocycles. The van der Waals surface area contributed by atoms with Gasteiger partial charge in [-0.05, 0) is 66.0 Å². The lowest BCUT2D eigenvalue weighted by Gasteiger charge is -2.37. The van der Waals surface area contributed by atoms with Crippen molar-refractivity contribution in [1.82, 2.24) is 14.2 Å². The predicted octanol–water partition coefficient (Wildman–Crippen LogP) is 7.32. The summed E-state index contributed by atoms with van der Waals surface area (Å²) in [5.74, 6) is 1.51. The number of halogens is 1. The van der Waals surface area contributed by atoms with Gasteiger partial charge >= 0.3 is 6.09 Å². The number of amides is 2. The summed E-state index contributed by atoms with van der Waals surface area (Å²) in [5, 5.41) is 1.88. The van der Waals surface area contributed by atoms with E-state index in [9.17, 15) is 9.59 Å². The van der Waals surface area contributed by atoms with E-state index in [4.69, 9.17) is 20.7 Å². The molecule has 0 aliphatic carbocycles. The molecule has 2 unspecified atom stereocenters. The topological polar surface area (TPSA) is 69.2 Å². The highest BCUT2D eigenvalue weighted by Crippen LogP contribution is 2.37. The van der Waals surface area contributed by atoms with Crippen molar-refractivity contribution in [2.75, 3.05) is 49.1 Å². The molecule has 2 aromatic carbocycles. The molecule has 2 aliphatic rings. The van der Waals surface area contributed by atoms with Gasteiger partial charge in [-0.3, -0.25) is 14.6 Å². The first kappa shape index (κ1) is 33.5. The summed E-state index contributed by atoms with van der Waals surface area (Å²) in [6, 6.07) is 12.4. The van der Waals surface area contributed by atoms with Gasteiger partial charge in [-0.15, -0.1) is 0 Å². The highest BCUT2D eigenvalue weighted by atomic mass is 35.5. The van der Waals surface area contributed by atoms with Gasteiger partial charge in [0, 0.05) is 61.6 Å². The van der Waals surface area contributed by atoms with Crippen LogP contribution < -0.4 is 9.80 Å². The molecule has 3 heterocycles. The molecule has 0 saturated carbocycles. The molecule has 244 valence electrons. The third-order valence-electron chi connectivity index (χ3n) is 9.14. The molecule has 45 heavy (non-hydrogen) atoms. The fraction of sp³-hybridized carbons (Fsp3) is 0.571. The van der Waals surface area contributed by atoms with E-state index in [1.54, 1.807) is 21.3 Å². The summed E-state index contributed by atoms with van der Waals surface area (Å²) in [5.41, 5.74) is 2.73. The van der Waals surface area contributed by atoms with E-state index in [0.717, 1.165) is 61.8 Å². The van der Waals surface area contributed by atoms with Gasteiger partial charge in [-0.2, -0.15) is 4.37 Å². The maximum atomic E-state index is 13.5. The number of carbonyl (C=O) groups excluding carboxylic acids is 2. The van der Waals surface area contributed by atoms with Crippen LogP contribution in [0.2, 0.25) is 5.02 Å². The van der Waals surface area contributed by atoms with Crippen molar-refractivity contribution >= 4 is 56.7 Å². The number of ether oxygens (including phenoxy) is 1. The Balaban J connectivity index is 1.24. The van der Waals surface area contributed by atoms with Crippen molar-refractivity contribution in [2.24, 2.45) is 17.8 Å². The van der Waals surface area contributed by atoms with Gasteiger partial charge in [0.1, 0.15) is 5.82 Å². The zero-order valence-corrected chi connectivity index (χ0v) is 29.3. The van der Waals surface area contributed by atoms with Crippen LogP contribution in [-0.2, 0) is 22.4 Å². The normalized spacial score (nSPS) is 17.1. The summed E-state index contributed by atoms with van der Waals surface area (Å²) in [7, 11) is 0. The fourth-order valence-electron chi connectivity index (χ4n) is 6.26. The number of hydrogen-bond acceptors (Lipinski definition) is 7. The lowest BCUT2D eigenvalue weighted by atomic mass is 10.0. The zero-order valence-electron chi connectivity index (χ0n) is 27.8. The molecular formula is C35H48ClN5O3S. The first-order chi connectivity index (χ1) is 21.4. The summed E-state index contributed by atoms with van der Waals surface area (Å²) < 4.78 is 12.1. The molecule has 1 fully saturated rings. The second kappa shape index (κ2) is 14.3. The summed E-state index contributed by atoms with van der Waals surface area (Å²) >= 11 is 8.44. The molecule has 10 heteroatoms. The maximum absolute atomic E-state index is 13.5. The van der Waals surface area contributed by atoms with Gasteiger partial charge in [0.25, 0.3) is 0 Å². The van der Waals surface area contributed by atoms with Crippen molar-refractivity contribution < 1.29 is 14.3 Å². The summed E-state index contributed by atoms with van der Waals surface area (Å²) in [6.45, 7) is 19.7. The maximum Gasteiger partial charge on any atom is 0.411 e. The second-order valence-electron chi connectivity index (χ2n) is 13.6. The van der Waals surface area contributed by atoms with Gasteiger partial charge < -0.3 is 14.5 Å². The molecule has 2 amide bonds. The van der Waals surface area contributed by atoms with Crippen molar-refractivity contribution in [1.29, 1.82) is 0 Å². The number of nitrogens with zero attached hydrogens (tertiary/aromatic N) is 5. The van der Waals surface area contributed by atoms with E-state index in [1.165, 1.54) is 10.1 Å². The number of carbonyl (C=O) groups is 2. The lowest BCUT2D eigenvalue weighted by Crippen LogP contribution is -2.50. The highest BCUT2D eigenvalue weighted by molar-refractivity contribution is 7.13. The molecular weight excluding hydrogens is 606 g/mol. The standard InChI is InChI=1S/C35H48ClN5O3S/c1-22(2)21-40(25(7)23(3)4)35(43)44-34(24(5)6)41-30-20-29(36)26(18-27(30)19-32(41)42)12-13-38-14-16-39(17-15-38)33-28-10-8-9-11-31(28)45-37-33/h8-11,18,20,22-25,34H,12-17,19,21H2,1-7H3. The van der Waals surface area contributed by atoms with E-state index >= 15 is 0 Å². The van der Waals surface area contributed by atoms with Crippen molar-refractivity contribution in [3.05, 3.63) is 52.5 Å². The minimum absolute atomic E-state index is 0.0152. The van der Waals surface area contributed by atoms with E-state index in [0.29, 0.717) is 17.5 Å². The summed E-state index contributed by atoms with van der Waals surface area (Å²) in [6.07, 6.45) is -0.0118. The first-order valence-electron chi connectivity index (χ1n) is 16.4. The Bertz CT molecular complexity index is 1500. The molecule has 8 nitrogen and oxygen atoms in total. The first-order valence-corrected chi connectivity index (χ1v) is 17.5. The number of hydrogen-bond donors (Lipinski definition) is 0. The largest absolute Gasteiger partial charge is 0.425 e. The van der Waals surface area contributed by atoms with Crippen LogP contribution in [-0.4, -0.2) is 77.7 Å². The van der Waals surface area contributed by atoms with Crippen LogP contribution in [0.1, 0.15) is 59.6 Å². The third kappa shape index (κ3) is 7.42. The molecule has 0 N–H and O–H groups in total. The average Bonchev–Trinajstić information content (AvgIpc) is 3.57. The molecule has 5 rings (SSSR count). The third-order valence-corrected chi connectivity index (χ3v) is 10.3. The van der Waals surface area contributed by atoms with Gasteiger partial charge in [0.2, 0.25) is 5.91 Å². The van der Waals surface area contributed by atoms with Crippen LogP contribution in [0.15, 0.2) is 36.4 Å². The van der Waals surface area contributed by atoms with Crippen molar-refractivity contribution in [3.63, 3.8) is 0 Å². The van der Waals surface area contributed by atoms with Crippen molar-refractivity contribution in [2.45, 2.75) is 73.6 Å². The Morgan fingerprint density at radius 1 is 1.02 bits per heavy atom. The number of aromatic nitrogens is 1. The molecule has 0 radical (unpaired) electrons. The quantitative estimate of drug-likeness (QED) is 0.216. The van der Waals surface area contributed by atoms with E-state index in [1.807, 2.05) is 19.9 Å². The smallest absolute Gasteiger partial charge is 0.411 e. The minimum Gasteiger partial charge on any atom is -0.425 e. The van der Waals surface area contributed by atoms with Crippen LogP contribution in [0.3, 0.4) is 0 Å². The Morgan fingerprint density at radius 3 is 2.40 bits per heavy atom. The predicted molar refractivity (Wildman–Crippen MR) is 186 cm³/mol. The average molecular weight is 654 g/mol. The molecule has 1 saturated heterocycles. The Morgan fingerprint density at radius 2 is 1.73 bits per heavy atom. The van der Waals surface area contributed by atoms with E-state index < -0.39 is 6.23 Å². The Hall–Kier alpha value is -2.88. The monoisotopic (exact) mass is 653 g/mol. The van der Waals surface area contributed by atoms with Crippen LogP contribution in [0.5, 0.6) is 0 Å². The molecule has 0 bridgehead atoms. The molecule has 2 aliphatic heterocycles. The lowest BCUT2D eigenvalue weighted by molar-refractivity contribution is -0.120. The van der Waals surface area contributed by atoms with Crippen LogP contribution >= 0.6 is 23.1 Å². The Kier molecular flexibility index (Phi) is 10.6. The highest BCUT2D eigenvalue weighted by Gasteiger charge is 2.39. The van der Waals surface area contributed by atoms with Crippen molar-refractivity contribution in [3.8, 4) is 0 Å². The molecule has 2 atom stereocenters. The number of piperazine rings is 1. The van der Waals surface area contributed by atoms with E-state index in [2.05, 4.69) is 74.8 Å². The number of benzene rings is 2. The van der Waals surface area contributed by atoms with Gasteiger partial charge in [-0.1, -0.05) is 71.3 Å². The van der Waals surface area contributed by atoms with Crippen LogP contribution in [0.25, 0.3) is 10.1 Å². The summed E-state index contributed by atoms with van der Waals surface area (Å²) in [4.78, 5) is 35.3. The number of rotatable bonds is 11. The SMILES string of the molecule is CC(C)CN(C(=O)OC(C(C)C)N1C(=O)Cc2cc(CCN3CCN(c4nsc5ccccc45)CC3)c(Cl)cc21)C(C)C(C)C. The zero-order chi connectivity index (χ0) is 32.4. The fourth-order valence-corrected chi connectivity index (χ4v) is 7.31.